The van der Waals surface area contributed by atoms with E-state index in [1.165, 1.54) is 32.1 Å². The van der Waals surface area contributed by atoms with E-state index in [4.69, 9.17) is 9.47 Å². The molecule has 1 saturated heterocycles. The van der Waals surface area contributed by atoms with Crippen LogP contribution in [0.2, 0.25) is 0 Å². The van der Waals surface area contributed by atoms with E-state index in [0.29, 0.717) is 24.9 Å². The Morgan fingerprint density at radius 1 is 1.18 bits per heavy atom. The summed E-state index contributed by atoms with van der Waals surface area (Å²) in [5, 5.41) is 0. The summed E-state index contributed by atoms with van der Waals surface area (Å²) < 4.78 is 13.4. The second-order valence-corrected chi connectivity index (χ2v) is 10.7. The van der Waals surface area contributed by atoms with Gasteiger partial charge in [-0.2, -0.15) is 0 Å². The van der Waals surface area contributed by atoms with Crippen molar-refractivity contribution in [1.29, 1.82) is 0 Å². The third kappa shape index (κ3) is 6.38. The van der Waals surface area contributed by atoms with Crippen molar-refractivity contribution in [3.8, 4) is 5.75 Å². The highest BCUT2D eigenvalue weighted by Crippen LogP contribution is 2.39. The second kappa shape index (κ2) is 10.3. The Labute approximate surface area is 198 Å². The Morgan fingerprint density at radius 2 is 1.91 bits per heavy atom. The van der Waals surface area contributed by atoms with Gasteiger partial charge in [0.2, 0.25) is 0 Å². The van der Waals surface area contributed by atoms with E-state index in [1.807, 2.05) is 42.4 Å². The van der Waals surface area contributed by atoms with Gasteiger partial charge < -0.3 is 18.9 Å². The molecule has 1 amide bonds. The molecule has 2 aliphatic rings. The zero-order valence-corrected chi connectivity index (χ0v) is 20.6. The Kier molecular flexibility index (Phi) is 7.42. The van der Waals surface area contributed by atoms with E-state index in [9.17, 15) is 4.79 Å². The number of imidazole rings is 1. The van der Waals surface area contributed by atoms with Crippen LogP contribution in [0.3, 0.4) is 0 Å². The van der Waals surface area contributed by atoms with Crippen LogP contribution < -0.4 is 4.74 Å². The number of carbonyl (C=O) groups is 1. The molecule has 2 unspecified atom stereocenters. The number of nitrogens with zero attached hydrogens (tertiary/aromatic N) is 3. The third-order valence-electron chi connectivity index (χ3n) is 7.33. The predicted molar refractivity (Wildman–Crippen MR) is 129 cm³/mol. The first kappa shape index (κ1) is 23.8. The van der Waals surface area contributed by atoms with E-state index in [1.54, 1.807) is 7.11 Å². The van der Waals surface area contributed by atoms with Crippen molar-refractivity contribution < 1.29 is 14.3 Å². The number of hydrogen-bond donors (Lipinski definition) is 0. The Bertz CT molecular complexity index is 911. The maximum absolute atomic E-state index is 13.1. The summed E-state index contributed by atoms with van der Waals surface area (Å²) in [5.74, 6) is 1.68. The molecule has 0 bridgehead atoms. The van der Waals surface area contributed by atoms with Gasteiger partial charge >= 0.3 is 0 Å². The summed E-state index contributed by atoms with van der Waals surface area (Å²) in [5.41, 5.74) is 2.54. The van der Waals surface area contributed by atoms with E-state index >= 15 is 0 Å². The summed E-state index contributed by atoms with van der Waals surface area (Å²) >= 11 is 0. The molecule has 2 heterocycles. The average Bonchev–Trinajstić information content (AvgIpc) is 3.24. The number of amides is 1. The minimum Gasteiger partial charge on any atom is -0.497 e. The summed E-state index contributed by atoms with van der Waals surface area (Å²) in [7, 11) is 1.66. The van der Waals surface area contributed by atoms with Crippen molar-refractivity contribution in [2.24, 2.45) is 11.3 Å². The van der Waals surface area contributed by atoms with E-state index < -0.39 is 6.10 Å². The van der Waals surface area contributed by atoms with Gasteiger partial charge in [0.15, 0.2) is 0 Å². The average molecular weight is 454 g/mol. The molecule has 2 atom stereocenters. The van der Waals surface area contributed by atoms with Gasteiger partial charge in [0.1, 0.15) is 11.9 Å². The zero-order valence-electron chi connectivity index (χ0n) is 20.6. The number of aryl methyl sites for hydroxylation is 1. The third-order valence-corrected chi connectivity index (χ3v) is 7.33. The van der Waals surface area contributed by atoms with Gasteiger partial charge in [-0.05, 0) is 68.1 Å². The number of hydrogen-bond acceptors (Lipinski definition) is 4. The molecule has 2 aromatic rings. The van der Waals surface area contributed by atoms with Gasteiger partial charge in [-0.3, -0.25) is 4.79 Å². The Balaban J connectivity index is 1.30. The molecule has 1 aliphatic heterocycles. The molecule has 0 N–H and O–H groups in total. The van der Waals surface area contributed by atoms with Crippen LogP contribution in [-0.4, -0.2) is 46.2 Å². The minimum absolute atomic E-state index is 0.00332. The molecular formula is C27H39N3O3. The fourth-order valence-corrected chi connectivity index (χ4v) is 5.12. The number of morpholine rings is 1. The van der Waals surface area contributed by atoms with Crippen molar-refractivity contribution in [3.63, 3.8) is 0 Å². The van der Waals surface area contributed by atoms with Crippen LogP contribution >= 0.6 is 0 Å². The quantitative estimate of drug-likeness (QED) is 0.573. The number of aromatic nitrogens is 2. The standard InChI is InChI=1S/C27H39N3O3/c1-20-16-30(17-22-5-7-24(32-4)8-6-22)26(31)25(33-20)15-23-18-29(19-28-23)14-11-21-9-12-27(2,3)13-10-21/h5-8,18-21,25H,9-17H2,1-4H3. The molecule has 1 aliphatic carbocycles. The van der Waals surface area contributed by atoms with Crippen LogP contribution in [0.5, 0.6) is 5.75 Å². The van der Waals surface area contributed by atoms with Gasteiger partial charge in [-0.25, -0.2) is 4.98 Å². The summed E-state index contributed by atoms with van der Waals surface area (Å²) in [6.07, 6.45) is 10.6. The van der Waals surface area contributed by atoms with E-state index in [2.05, 4.69) is 29.6 Å². The van der Waals surface area contributed by atoms with Gasteiger partial charge in [-0.15, -0.1) is 0 Å². The maximum Gasteiger partial charge on any atom is 0.252 e. The molecule has 1 aromatic carbocycles. The van der Waals surface area contributed by atoms with E-state index in [0.717, 1.165) is 29.5 Å². The van der Waals surface area contributed by atoms with Gasteiger partial charge in [0.25, 0.3) is 5.91 Å². The highest BCUT2D eigenvalue weighted by atomic mass is 16.5. The van der Waals surface area contributed by atoms with Crippen LogP contribution in [0.15, 0.2) is 36.8 Å². The lowest BCUT2D eigenvalue weighted by Crippen LogP contribution is -2.51. The smallest absolute Gasteiger partial charge is 0.252 e. The lowest BCUT2D eigenvalue weighted by atomic mass is 9.72. The maximum atomic E-state index is 13.1. The first-order valence-electron chi connectivity index (χ1n) is 12.4. The Hall–Kier alpha value is -2.34. The minimum atomic E-state index is -0.476. The Morgan fingerprint density at radius 3 is 2.61 bits per heavy atom. The molecule has 0 radical (unpaired) electrons. The summed E-state index contributed by atoms with van der Waals surface area (Å²) in [4.78, 5) is 19.6. The van der Waals surface area contributed by atoms with Crippen molar-refractivity contribution in [2.75, 3.05) is 13.7 Å². The fourth-order valence-electron chi connectivity index (χ4n) is 5.12. The first-order valence-corrected chi connectivity index (χ1v) is 12.4. The van der Waals surface area contributed by atoms with Gasteiger partial charge in [0, 0.05) is 32.3 Å². The lowest BCUT2D eigenvalue weighted by Gasteiger charge is -2.36. The predicted octanol–water partition coefficient (Wildman–Crippen LogP) is 4.86. The van der Waals surface area contributed by atoms with Gasteiger partial charge in [-0.1, -0.05) is 26.0 Å². The van der Waals surface area contributed by atoms with Crippen molar-refractivity contribution in [2.45, 2.75) is 84.6 Å². The van der Waals surface area contributed by atoms with Crippen LogP contribution in [-0.2, 0) is 29.0 Å². The van der Waals surface area contributed by atoms with Crippen LogP contribution in [0, 0.1) is 11.3 Å². The molecule has 6 heteroatoms. The normalized spacial score (nSPS) is 23.6. The highest BCUT2D eigenvalue weighted by molar-refractivity contribution is 5.82. The fraction of sp³-hybridized carbons (Fsp3) is 0.630. The van der Waals surface area contributed by atoms with Crippen LogP contribution in [0.1, 0.15) is 64.1 Å². The zero-order chi connectivity index (χ0) is 23.4. The van der Waals surface area contributed by atoms with Crippen molar-refractivity contribution in [1.82, 2.24) is 14.5 Å². The molecule has 6 nitrogen and oxygen atoms in total. The monoisotopic (exact) mass is 453 g/mol. The molecule has 1 saturated carbocycles. The van der Waals surface area contributed by atoms with Crippen LogP contribution in [0.4, 0.5) is 0 Å². The largest absolute Gasteiger partial charge is 0.497 e. The lowest BCUT2D eigenvalue weighted by molar-refractivity contribution is -0.161. The van der Waals surface area contributed by atoms with Gasteiger partial charge in [0.05, 0.1) is 25.2 Å². The summed E-state index contributed by atoms with van der Waals surface area (Å²) in [6.45, 7) is 8.99. The SMILES string of the molecule is COc1ccc(CN2CC(C)OC(Cc3cn(CCC4CCC(C)(C)CC4)cn3)C2=O)cc1. The molecule has 180 valence electrons. The number of benzene rings is 1. The molecule has 33 heavy (non-hydrogen) atoms. The number of ether oxygens (including phenoxy) is 2. The number of carbonyl (C=O) groups excluding carboxylic acids is 1. The van der Waals surface area contributed by atoms with Crippen molar-refractivity contribution >= 4 is 5.91 Å². The molecule has 1 aromatic heterocycles. The van der Waals surface area contributed by atoms with E-state index in [-0.39, 0.29) is 12.0 Å². The molecule has 0 spiro atoms. The summed E-state index contributed by atoms with van der Waals surface area (Å²) in [6, 6.07) is 7.89. The van der Waals surface area contributed by atoms with Crippen LogP contribution in [0.25, 0.3) is 0 Å². The molecule has 4 rings (SSSR count). The van der Waals surface area contributed by atoms with Crippen molar-refractivity contribution in [3.05, 3.63) is 48.0 Å². The second-order valence-electron chi connectivity index (χ2n) is 10.7. The molecule has 2 fully saturated rings. The highest BCUT2D eigenvalue weighted by Gasteiger charge is 2.34. The molecular weight excluding hydrogens is 414 g/mol. The number of methoxy groups -OCH3 is 1. The topological polar surface area (TPSA) is 56.6 Å². The first-order chi connectivity index (χ1) is 15.8. The number of rotatable bonds is 8.